The fourth-order valence-electron chi connectivity index (χ4n) is 3.12. The van der Waals surface area contributed by atoms with Crippen molar-refractivity contribution in [3.63, 3.8) is 0 Å². The van der Waals surface area contributed by atoms with Crippen molar-refractivity contribution in [1.29, 1.82) is 0 Å². The zero-order chi connectivity index (χ0) is 15.4. The topological polar surface area (TPSA) is 52.6 Å². The van der Waals surface area contributed by atoms with Crippen molar-refractivity contribution in [2.75, 3.05) is 7.11 Å². The lowest BCUT2D eigenvalue weighted by molar-refractivity contribution is -0.155. The number of methoxy groups -OCH3 is 1. The number of hydrogen-bond donors (Lipinski definition) is 0. The highest BCUT2D eigenvalue weighted by Gasteiger charge is 2.60. The van der Waals surface area contributed by atoms with E-state index >= 15 is 0 Å². The molecule has 0 spiro atoms. The van der Waals surface area contributed by atoms with Crippen LogP contribution in [0.15, 0.2) is 18.2 Å². The molecule has 1 fully saturated rings. The summed E-state index contributed by atoms with van der Waals surface area (Å²) in [4.78, 5) is 23.6. The Morgan fingerprint density at radius 3 is 2.71 bits per heavy atom. The van der Waals surface area contributed by atoms with Crippen LogP contribution >= 0.6 is 0 Å². The second kappa shape index (κ2) is 4.22. The molecule has 7 heteroatoms. The van der Waals surface area contributed by atoms with Gasteiger partial charge >= 0.3 is 18.1 Å². The van der Waals surface area contributed by atoms with Crippen molar-refractivity contribution in [2.45, 2.75) is 25.1 Å². The Bertz CT molecular complexity index is 638. The van der Waals surface area contributed by atoms with Crippen molar-refractivity contribution >= 4 is 11.9 Å². The van der Waals surface area contributed by atoms with Gasteiger partial charge in [0.1, 0.15) is 11.5 Å². The molecule has 0 radical (unpaired) electrons. The molecule has 3 rings (SSSR count). The number of alkyl halides is 3. The van der Waals surface area contributed by atoms with Crippen LogP contribution in [0.4, 0.5) is 13.2 Å². The third-order valence-corrected chi connectivity index (χ3v) is 4.06. The Hall–Kier alpha value is -2.05. The molecule has 21 heavy (non-hydrogen) atoms. The van der Waals surface area contributed by atoms with Gasteiger partial charge in [-0.15, -0.1) is 0 Å². The number of rotatable bonds is 1. The predicted molar refractivity (Wildman–Crippen MR) is 63.0 cm³/mol. The van der Waals surface area contributed by atoms with Crippen molar-refractivity contribution in [2.24, 2.45) is 5.41 Å². The molecule has 4 nitrogen and oxygen atoms in total. The maximum Gasteiger partial charge on any atom is 0.416 e. The summed E-state index contributed by atoms with van der Waals surface area (Å²) in [5, 5.41) is 0. The summed E-state index contributed by atoms with van der Waals surface area (Å²) < 4.78 is 48.2. The second-order valence-electron chi connectivity index (χ2n) is 5.28. The van der Waals surface area contributed by atoms with Crippen molar-refractivity contribution in [3.05, 3.63) is 34.9 Å². The predicted octanol–water partition coefficient (Wildman–Crippen LogP) is 2.41. The summed E-state index contributed by atoms with van der Waals surface area (Å²) in [6.45, 7) is 0. The van der Waals surface area contributed by atoms with Crippen molar-refractivity contribution in [3.8, 4) is 0 Å². The molecule has 2 unspecified atom stereocenters. The van der Waals surface area contributed by atoms with Gasteiger partial charge in [-0.1, -0.05) is 6.07 Å². The van der Waals surface area contributed by atoms with Gasteiger partial charge < -0.3 is 9.47 Å². The van der Waals surface area contributed by atoms with E-state index < -0.39 is 35.2 Å². The van der Waals surface area contributed by atoms with Crippen LogP contribution < -0.4 is 0 Å². The summed E-state index contributed by atoms with van der Waals surface area (Å²) in [7, 11) is 1.18. The smallest absolute Gasteiger partial charge is 0.416 e. The monoisotopic (exact) mass is 300 g/mol. The Balaban J connectivity index is 2.10. The lowest BCUT2D eigenvalue weighted by Gasteiger charge is -2.22. The molecule has 2 aliphatic rings. The van der Waals surface area contributed by atoms with Gasteiger partial charge in [0.2, 0.25) is 0 Å². The fourth-order valence-corrected chi connectivity index (χ4v) is 3.12. The van der Waals surface area contributed by atoms with Crippen molar-refractivity contribution < 1.29 is 32.2 Å². The Kier molecular flexibility index (Phi) is 2.80. The molecular weight excluding hydrogens is 289 g/mol. The summed E-state index contributed by atoms with van der Waals surface area (Å²) >= 11 is 0. The molecular formula is C14H11F3O4. The van der Waals surface area contributed by atoms with Gasteiger partial charge in [-0.2, -0.15) is 13.2 Å². The summed E-state index contributed by atoms with van der Waals surface area (Å²) in [6.07, 6.45) is -5.53. The largest absolute Gasteiger partial charge is 0.468 e. The molecule has 0 N–H and O–H groups in total. The molecule has 1 aromatic rings. The number of benzene rings is 1. The molecule has 1 aliphatic carbocycles. The lowest BCUT2D eigenvalue weighted by Crippen LogP contribution is -2.33. The van der Waals surface area contributed by atoms with E-state index in [4.69, 9.17) is 9.47 Å². The molecule has 112 valence electrons. The van der Waals surface area contributed by atoms with E-state index in [0.29, 0.717) is 5.56 Å². The van der Waals surface area contributed by atoms with Crippen LogP contribution in [0, 0.1) is 5.41 Å². The highest BCUT2D eigenvalue weighted by atomic mass is 19.4. The lowest BCUT2D eigenvalue weighted by atomic mass is 9.81. The average Bonchev–Trinajstić information content (AvgIpc) is 2.88. The standard InChI is InChI=1S/C14H11F3O4/c1-20-12(19)13-5-7-2-3-8(14(15,16)17)4-9(7)11(13)21-10(18)6-13/h2-4,11H,5-6H2,1H3. The van der Waals surface area contributed by atoms with E-state index in [2.05, 4.69) is 0 Å². The first-order chi connectivity index (χ1) is 9.78. The zero-order valence-corrected chi connectivity index (χ0v) is 11.0. The highest BCUT2D eigenvalue weighted by molar-refractivity contribution is 5.89. The number of carbonyl (C=O) groups is 2. The zero-order valence-electron chi connectivity index (χ0n) is 11.0. The fraction of sp³-hybridized carbons (Fsp3) is 0.429. The third-order valence-electron chi connectivity index (χ3n) is 4.06. The number of halogens is 3. The minimum Gasteiger partial charge on any atom is -0.468 e. The molecule has 0 aromatic heterocycles. The molecule has 0 saturated carbocycles. The van der Waals surface area contributed by atoms with Crippen LogP contribution in [-0.4, -0.2) is 19.0 Å². The van der Waals surface area contributed by atoms with Crippen LogP contribution in [-0.2, 0) is 31.7 Å². The van der Waals surface area contributed by atoms with Crippen LogP contribution in [0.5, 0.6) is 0 Å². The number of hydrogen-bond acceptors (Lipinski definition) is 4. The molecule has 1 saturated heterocycles. The molecule has 0 amide bonds. The first-order valence-electron chi connectivity index (χ1n) is 6.26. The Morgan fingerprint density at radius 1 is 1.38 bits per heavy atom. The van der Waals surface area contributed by atoms with E-state index in [1.807, 2.05) is 0 Å². The number of esters is 2. The quantitative estimate of drug-likeness (QED) is 0.747. The minimum atomic E-state index is -4.49. The van der Waals surface area contributed by atoms with E-state index in [1.54, 1.807) is 0 Å². The van der Waals surface area contributed by atoms with Gasteiger partial charge in [-0.05, 0) is 29.7 Å². The molecule has 0 bridgehead atoms. The summed E-state index contributed by atoms with van der Waals surface area (Å²) in [6, 6.07) is 3.24. The Morgan fingerprint density at radius 2 is 2.10 bits per heavy atom. The number of fused-ring (bicyclic) bond motifs is 3. The van der Waals surface area contributed by atoms with Gasteiger partial charge in [-0.25, -0.2) is 0 Å². The Labute approximate surface area is 117 Å². The van der Waals surface area contributed by atoms with E-state index in [0.717, 1.165) is 12.1 Å². The number of ether oxygens (including phenoxy) is 2. The van der Waals surface area contributed by atoms with Gasteiger partial charge in [-0.3, -0.25) is 9.59 Å². The SMILES string of the molecule is COC(=O)C12CC(=O)OC1c1cc(C(F)(F)F)ccc1C2. The van der Waals surface area contributed by atoms with Gasteiger partial charge in [0.05, 0.1) is 19.1 Å². The maximum atomic E-state index is 12.8. The van der Waals surface area contributed by atoms with Gasteiger partial charge in [0.15, 0.2) is 0 Å². The average molecular weight is 300 g/mol. The van der Waals surface area contributed by atoms with Crippen LogP contribution in [0.2, 0.25) is 0 Å². The first-order valence-corrected chi connectivity index (χ1v) is 6.26. The molecule has 1 aromatic carbocycles. The normalized spacial score (nSPS) is 27.0. The number of carbonyl (C=O) groups excluding carboxylic acids is 2. The maximum absolute atomic E-state index is 12.8. The van der Waals surface area contributed by atoms with E-state index in [9.17, 15) is 22.8 Å². The summed E-state index contributed by atoms with van der Waals surface area (Å²) in [5.74, 6) is -1.24. The van der Waals surface area contributed by atoms with Gasteiger partial charge in [0, 0.05) is 0 Å². The third kappa shape index (κ3) is 1.91. The second-order valence-corrected chi connectivity index (χ2v) is 5.28. The molecule has 2 atom stereocenters. The summed E-state index contributed by atoms with van der Waals surface area (Å²) in [5.41, 5.74) is -1.25. The van der Waals surface area contributed by atoms with Gasteiger partial charge in [0.25, 0.3) is 0 Å². The van der Waals surface area contributed by atoms with E-state index in [-0.39, 0.29) is 18.4 Å². The van der Waals surface area contributed by atoms with Crippen molar-refractivity contribution in [1.82, 2.24) is 0 Å². The van der Waals surface area contributed by atoms with Crippen LogP contribution in [0.1, 0.15) is 29.2 Å². The minimum absolute atomic E-state index is 0.142. The van der Waals surface area contributed by atoms with Crippen LogP contribution in [0.25, 0.3) is 0 Å². The molecule has 1 heterocycles. The van der Waals surface area contributed by atoms with Crippen LogP contribution in [0.3, 0.4) is 0 Å². The first kappa shape index (κ1) is 13.9. The highest BCUT2D eigenvalue weighted by Crippen LogP contribution is 2.55. The molecule has 1 aliphatic heterocycles. The van der Waals surface area contributed by atoms with E-state index in [1.165, 1.54) is 13.2 Å².